The summed E-state index contributed by atoms with van der Waals surface area (Å²) in [6.45, 7) is 10.0. The Labute approximate surface area is 132 Å². The molecule has 22 heavy (non-hydrogen) atoms. The summed E-state index contributed by atoms with van der Waals surface area (Å²) in [4.78, 5) is 5.17. The first-order chi connectivity index (χ1) is 10.8. The average molecular weight is 312 g/mol. The molecule has 4 saturated heterocycles. The van der Waals surface area contributed by atoms with Crippen molar-refractivity contribution < 1.29 is 18.9 Å². The SMILES string of the molecule is CCCC(N(CC1CO1)CC1CO1)N(CC1CO1)CC1CO1. The molecule has 0 spiro atoms. The van der Waals surface area contributed by atoms with Crippen molar-refractivity contribution in [2.45, 2.75) is 50.3 Å². The van der Waals surface area contributed by atoms with Crippen molar-refractivity contribution in [1.29, 1.82) is 0 Å². The maximum Gasteiger partial charge on any atom is 0.0937 e. The van der Waals surface area contributed by atoms with Crippen LogP contribution in [0.5, 0.6) is 0 Å². The van der Waals surface area contributed by atoms with Gasteiger partial charge in [-0.2, -0.15) is 0 Å². The van der Waals surface area contributed by atoms with Crippen LogP contribution in [0.25, 0.3) is 0 Å². The van der Waals surface area contributed by atoms with Crippen LogP contribution in [0, 0.1) is 0 Å². The van der Waals surface area contributed by atoms with Crippen molar-refractivity contribution in [3.8, 4) is 0 Å². The Bertz CT molecular complexity index is 307. The molecule has 4 rings (SSSR count). The van der Waals surface area contributed by atoms with E-state index in [0.717, 1.165) is 52.6 Å². The lowest BCUT2D eigenvalue weighted by molar-refractivity contribution is 0.0177. The average Bonchev–Trinajstić information content (AvgIpc) is 3.35. The highest BCUT2D eigenvalue weighted by Crippen LogP contribution is 2.25. The molecule has 4 atom stereocenters. The van der Waals surface area contributed by atoms with E-state index in [1.807, 2.05) is 0 Å². The second kappa shape index (κ2) is 6.71. The lowest BCUT2D eigenvalue weighted by Crippen LogP contribution is -2.53. The summed E-state index contributed by atoms with van der Waals surface area (Å²) >= 11 is 0. The number of ether oxygens (including phenoxy) is 4. The Morgan fingerprint density at radius 2 is 1.05 bits per heavy atom. The fourth-order valence-electron chi connectivity index (χ4n) is 3.23. The quantitative estimate of drug-likeness (QED) is 0.382. The molecule has 0 bridgehead atoms. The van der Waals surface area contributed by atoms with Gasteiger partial charge in [0.1, 0.15) is 0 Å². The Hall–Kier alpha value is -0.240. The lowest BCUT2D eigenvalue weighted by Gasteiger charge is -2.39. The standard InChI is InChI=1S/C16H28N2O4/c1-2-3-16(17(4-12-8-19-12)5-13-9-20-13)18(6-14-10-21-14)7-15-11-22-15/h12-16H,2-11H2,1H3. The molecule has 4 heterocycles. The van der Waals surface area contributed by atoms with E-state index < -0.39 is 0 Å². The van der Waals surface area contributed by atoms with Gasteiger partial charge in [-0.25, -0.2) is 0 Å². The Morgan fingerprint density at radius 1 is 0.727 bits per heavy atom. The molecule has 0 aromatic carbocycles. The third kappa shape index (κ3) is 4.63. The van der Waals surface area contributed by atoms with Gasteiger partial charge in [0.05, 0.1) is 57.0 Å². The fraction of sp³-hybridized carbons (Fsp3) is 1.00. The van der Waals surface area contributed by atoms with Crippen molar-refractivity contribution in [3.63, 3.8) is 0 Å². The molecule has 0 aliphatic carbocycles. The number of epoxide rings is 4. The minimum Gasteiger partial charge on any atom is -0.372 e. The monoisotopic (exact) mass is 312 g/mol. The van der Waals surface area contributed by atoms with Crippen molar-refractivity contribution >= 4 is 0 Å². The van der Waals surface area contributed by atoms with E-state index in [2.05, 4.69) is 16.7 Å². The van der Waals surface area contributed by atoms with Gasteiger partial charge in [-0.3, -0.25) is 9.80 Å². The predicted octanol–water partition coefficient (Wildman–Crippen LogP) is 0.312. The highest BCUT2D eigenvalue weighted by atomic mass is 16.6. The Morgan fingerprint density at radius 3 is 1.27 bits per heavy atom. The maximum atomic E-state index is 5.49. The molecular weight excluding hydrogens is 284 g/mol. The minimum absolute atomic E-state index is 0.425. The van der Waals surface area contributed by atoms with Crippen LogP contribution in [0.4, 0.5) is 0 Å². The molecule has 4 unspecified atom stereocenters. The predicted molar refractivity (Wildman–Crippen MR) is 80.8 cm³/mol. The molecule has 126 valence electrons. The third-order valence-electron chi connectivity index (χ3n) is 4.75. The lowest BCUT2D eigenvalue weighted by atomic mass is 10.1. The van der Waals surface area contributed by atoms with Gasteiger partial charge in [-0.15, -0.1) is 0 Å². The van der Waals surface area contributed by atoms with Crippen LogP contribution in [0.15, 0.2) is 0 Å². The summed E-state index contributed by atoms with van der Waals surface area (Å²) in [6, 6.07) is 0. The number of rotatable bonds is 12. The van der Waals surface area contributed by atoms with Gasteiger partial charge < -0.3 is 18.9 Å². The molecule has 0 amide bonds. The van der Waals surface area contributed by atoms with Crippen molar-refractivity contribution in [3.05, 3.63) is 0 Å². The molecule has 6 nitrogen and oxygen atoms in total. The number of hydrogen-bond donors (Lipinski definition) is 0. The van der Waals surface area contributed by atoms with Gasteiger partial charge in [0.2, 0.25) is 0 Å². The first kappa shape index (κ1) is 15.3. The van der Waals surface area contributed by atoms with Gasteiger partial charge in [0, 0.05) is 26.2 Å². The zero-order valence-electron chi connectivity index (χ0n) is 13.5. The third-order valence-corrected chi connectivity index (χ3v) is 4.75. The van der Waals surface area contributed by atoms with Gasteiger partial charge in [0.25, 0.3) is 0 Å². The topological polar surface area (TPSA) is 56.6 Å². The molecule has 0 saturated carbocycles. The number of hydrogen-bond acceptors (Lipinski definition) is 6. The highest BCUT2D eigenvalue weighted by molar-refractivity contribution is 4.88. The summed E-state index contributed by atoms with van der Waals surface area (Å²) < 4.78 is 21.9. The van der Waals surface area contributed by atoms with Crippen molar-refractivity contribution in [2.24, 2.45) is 0 Å². The smallest absolute Gasteiger partial charge is 0.0937 e. The number of nitrogens with zero attached hydrogens (tertiary/aromatic N) is 2. The summed E-state index contributed by atoms with van der Waals surface area (Å²) in [7, 11) is 0. The van der Waals surface area contributed by atoms with Crippen LogP contribution >= 0.6 is 0 Å². The van der Waals surface area contributed by atoms with E-state index in [1.54, 1.807) is 0 Å². The molecule has 0 aromatic rings. The van der Waals surface area contributed by atoms with Crippen LogP contribution in [0.3, 0.4) is 0 Å². The van der Waals surface area contributed by atoms with Gasteiger partial charge in [-0.1, -0.05) is 13.3 Å². The minimum atomic E-state index is 0.425. The van der Waals surface area contributed by atoms with Crippen molar-refractivity contribution in [1.82, 2.24) is 9.80 Å². The Balaban J connectivity index is 1.42. The van der Waals surface area contributed by atoms with E-state index >= 15 is 0 Å². The molecule has 0 radical (unpaired) electrons. The molecule has 4 aliphatic heterocycles. The van der Waals surface area contributed by atoms with E-state index in [9.17, 15) is 0 Å². The van der Waals surface area contributed by atoms with Crippen LogP contribution in [0.2, 0.25) is 0 Å². The first-order valence-corrected chi connectivity index (χ1v) is 8.76. The maximum absolute atomic E-state index is 5.49. The molecule has 4 fully saturated rings. The molecule has 4 aliphatic rings. The van der Waals surface area contributed by atoms with E-state index in [1.165, 1.54) is 12.8 Å². The van der Waals surface area contributed by atoms with Crippen LogP contribution in [-0.2, 0) is 18.9 Å². The van der Waals surface area contributed by atoms with Crippen molar-refractivity contribution in [2.75, 3.05) is 52.6 Å². The molecule has 6 heteroatoms. The van der Waals surface area contributed by atoms with Crippen LogP contribution in [0.1, 0.15) is 19.8 Å². The van der Waals surface area contributed by atoms with E-state index in [-0.39, 0.29) is 0 Å². The van der Waals surface area contributed by atoms with E-state index in [0.29, 0.717) is 30.6 Å². The largest absolute Gasteiger partial charge is 0.372 e. The van der Waals surface area contributed by atoms with Gasteiger partial charge in [-0.05, 0) is 6.42 Å². The normalized spacial score (nSPS) is 36.7. The molecule has 0 N–H and O–H groups in total. The van der Waals surface area contributed by atoms with Gasteiger partial charge >= 0.3 is 0 Å². The second-order valence-corrected chi connectivity index (χ2v) is 7.00. The van der Waals surface area contributed by atoms with Crippen LogP contribution < -0.4 is 0 Å². The molecular formula is C16H28N2O4. The van der Waals surface area contributed by atoms with E-state index in [4.69, 9.17) is 18.9 Å². The summed E-state index contributed by atoms with van der Waals surface area (Å²) in [5, 5.41) is 0. The highest BCUT2D eigenvalue weighted by Gasteiger charge is 2.39. The first-order valence-electron chi connectivity index (χ1n) is 8.76. The second-order valence-electron chi connectivity index (χ2n) is 7.00. The zero-order valence-corrected chi connectivity index (χ0v) is 13.5. The molecule has 0 aromatic heterocycles. The fourth-order valence-corrected chi connectivity index (χ4v) is 3.23. The van der Waals surface area contributed by atoms with Gasteiger partial charge in [0.15, 0.2) is 0 Å². The zero-order chi connectivity index (χ0) is 14.9. The summed E-state index contributed by atoms with van der Waals surface area (Å²) in [6.07, 6.45) is 4.52. The summed E-state index contributed by atoms with van der Waals surface area (Å²) in [5.74, 6) is 0. The summed E-state index contributed by atoms with van der Waals surface area (Å²) in [5.41, 5.74) is 0. The van der Waals surface area contributed by atoms with Crippen LogP contribution in [-0.4, -0.2) is 93.0 Å². The Kier molecular flexibility index (Phi) is 4.66.